The molecule has 1 rings (SSSR count). The minimum atomic E-state index is -4.03. The lowest BCUT2D eigenvalue weighted by Gasteiger charge is -2.08. The standard InChI is InChI=1S/C10H11ClO4S/c1-6(2)7-3-4-9(16(11,14)15)8(5-7)10(12)13/h3-6H,1-2H3,(H,12,13). The summed E-state index contributed by atoms with van der Waals surface area (Å²) in [6, 6.07) is 4.12. The highest BCUT2D eigenvalue weighted by atomic mass is 35.7. The van der Waals surface area contributed by atoms with Gasteiger partial charge in [-0.15, -0.1) is 0 Å². The van der Waals surface area contributed by atoms with Gasteiger partial charge in [0.1, 0.15) is 0 Å². The first-order valence-corrected chi connectivity index (χ1v) is 6.86. The van der Waals surface area contributed by atoms with Gasteiger partial charge in [-0.3, -0.25) is 0 Å². The molecule has 1 aromatic rings. The number of benzene rings is 1. The molecule has 0 unspecified atom stereocenters. The maximum Gasteiger partial charge on any atom is 0.337 e. The van der Waals surface area contributed by atoms with E-state index >= 15 is 0 Å². The fraction of sp³-hybridized carbons (Fsp3) is 0.300. The van der Waals surface area contributed by atoms with E-state index in [-0.39, 0.29) is 16.4 Å². The average Bonchev–Trinajstić information content (AvgIpc) is 2.15. The van der Waals surface area contributed by atoms with Gasteiger partial charge < -0.3 is 5.11 Å². The van der Waals surface area contributed by atoms with Crippen molar-refractivity contribution in [3.8, 4) is 0 Å². The van der Waals surface area contributed by atoms with E-state index < -0.39 is 15.0 Å². The van der Waals surface area contributed by atoms with Gasteiger partial charge in [0.2, 0.25) is 0 Å². The average molecular weight is 263 g/mol. The minimum absolute atomic E-state index is 0.116. The predicted molar refractivity (Wildman–Crippen MR) is 60.5 cm³/mol. The highest BCUT2D eigenvalue weighted by molar-refractivity contribution is 8.13. The summed E-state index contributed by atoms with van der Waals surface area (Å²) in [4.78, 5) is 10.6. The number of aromatic carboxylic acids is 1. The molecule has 0 amide bonds. The number of carbonyl (C=O) groups is 1. The van der Waals surface area contributed by atoms with Gasteiger partial charge in [0.05, 0.1) is 10.5 Å². The monoisotopic (exact) mass is 262 g/mol. The number of carboxylic acid groups (broad SMARTS) is 1. The first-order chi connectivity index (χ1) is 7.23. The smallest absolute Gasteiger partial charge is 0.337 e. The number of carboxylic acids is 1. The second kappa shape index (κ2) is 4.43. The molecular weight excluding hydrogens is 252 g/mol. The normalized spacial score (nSPS) is 11.8. The third-order valence-corrected chi connectivity index (χ3v) is 3.54. The van der Waals surface area contributed by atoms with Gasteiger partial charge in [0.25, 0.3) is 9.05 Å². The Morgan fingerprint density at radius 1 is 1.38 bits per heavy atom. The highest BCUT2D eigenvalue weighted by Crippen LogP contribution is 2.24. The Labute approximate surface area is 98.3 Å². The lowest BCUT2D eigenvalue weighted by molar-refractivity contribution is 0.0692. The molecule has 4 nitrogen and oxygen atoms in total. The van der Waals surface area contributed by atoms with E-state index in [0.29, 0.717) is 0 Å². The van der Waals surface area contributed by atoms with Crippen molar-refractivity contribution in [1.82, 2.24) is 0 Å². The van der Waals surface area contributed by atoms with E-state index in [9.17, 15) is 13.2 Å². The molecule has 0 spiro atoms. The number of rotatable bonds is 3. The maximum absolute atomic E-state index is 11.1. The van der Waals surface area contributed by atoms with Crippen molar-refractivity contribution in [2.45, 2.75) is 24.7 Å². The van der Waals surface area contributed by atoms with Crippen LogP contribution in [0.3, 0.4) is 0 Å². The fourth-order valence-electron chi connectivity index (χ4n) is 1.29. The molecule has 0 bridgehead atoms. The van der Waals surface area contributed by atoms with E-state index in [2.05, 4.69) is 0 Å². The van der Waals surface area contributed by atoms with Gasteiger partial charge >= 0.3 is 5.97 Å². The molecule has 0 aliphatic heterocycles. The van der Waals surface area contributed by atoms with Gasteiger partial charge in [0.15, 0.2) is 0 Å². The summed E-state index contributed by atoms with van der Waals surface area (Å²) in [7, 11) is 1.12. The molecular formula is C10H11ClO4S. The van der Waals surface area contributed by atoms with Gasteiger partial charge in [-0.1, -0.05) is 19.9 Å². The van der Waals surface area contributed by atoms with Crippen molar-refractivity contribution in [1.29, 1.82) is 0 Å². The van der Waals surface area contributed by atoms with Crippen LogP contribution in [0, 0.1) is 0 Å². The molecule has 0 radical (unpaired) electrons. The molecule has 6 heteroatoms. The maximum atomic E-state index is 11.1. The minimum Gasteiger partial charge on any atom is -0.478 e. The molecule has 0 aromatic heterocycles. The Balaban J connectivity index is 3.49. The summed E-state index contributed by atoms with van der Waals surface area (Å²) < 4.78 is 22.3. The van der Waals surface area contributed by atoms with Gasteiger partial charge in [0, 0.05) is 10.7 Å². The Bertz CT molecular complexity index is 520. The van der Waals surface area contributed by atoms with Crippen molar-refractivity contribution < 1.29 is 18.3 Å². The van der Waals surface area contributed by atoms with E-state index in [1.165, 1.54) is 12.1 Å². The van der Waals surface area contributed by atoms with Crippen LogP contribution in [0.4, 0.5) is 0 Å². The number of hydrogen-bond acceptors (Lipinski definition) is 3. The summed E-state index contributed by atoms with van der Waals surface area (Å²) in [6.07, 6.45) is 0. The summed E-state index contributed by atoms with van der Waals surface area (Å²) in [5.74, 6) is -1.19. The zero-order valence-corrected chi connectivity index (χ0v) is 10.3. The van der Waals surface area contributed by atoms with Crippen LogP contribution in [0.15, 0.2) is 23.1 Å². The van der Waals surface area contributed by atoms with Gasteiger partial charge in [-0.25, -0.2) is 13.2 Å². The molecule has 0 atom stereocenters. The van der Waals surface area contributed by atoms with E-state index in [0.717, 1.165) is 5.56 Å². The van der Waals surface area contributed by atoms with Crippen LogP contribution in [0.25, 0.3) is 0 Å². The van der Waals surface area contributed by atoms with Crippen molar-refractivity contribution in [3.05, 3.63) is 29.3 Å². The summed E-state index contributed by atoms with van der Waals surface area (Å²) >= 11 is 0. The van der Waals surface area contributed by atoms with Gasteiger partial charge in [-0.05, 0) is 23.6 Å². The van der Waals surface area contributed by atoms with Crippen LogP contribution in [0.1, 0.15) is 35.7 Å². The van der Waals surface area contributed by atoms with Crippen LogP contribution in [-0.4, -0.2) is 19.5 Å². The highest BCUT2D eigenvalue weighted by Gasteiger charge is 2.20. The fourth-order valence-corrected chi connectivity index (χ4v) is 2.33. The summed E-state index contributed by atoms with van der Waals surface area (Å²) in [6.45, 7) is 3.77. The molecule has 88 valence electrons. The summed E-state index contributed by atoms with van der Waals surface area (Å²) in [5, 5.41) is 8.91. The number of halogens is 1. The van der Waals surface area contributed by atoms with Gasteiger partial charge in [-0.2, -0.15) is 0 Å². The summed E-state index contributed by atoms with van der Waals surface area (Å²) in [5.41, 5.74) is 0.461. The van der Waals surface area contributed by atoms with Crippen molar-refractivity contribution >= 4 is 25.7 Å². The first kappa shape index (κ1) is 13.0. The number of hydrogen-bond donors (Lipinski definition) is 1. The molecule has 0 fully saturated rings. The van der Waals surface area contributed by atoms with Crippen LogP contribution < -0.4 is 0 Å². The lowest BCUT2D eigenvalue weighted by atomic mass is 10.0. The Morgan fingerprint density at radius 2 is 1.94 bits per heavy atom. The van der Waals surface area contributed by atoms with Crippen molar-refractivity contribution in [2.24, 2.45) is 0 Å². The van der Waals surface area contributed by atoms with Crippen LogP contribution in [0.2, 0.25) is 0 Å². The largest absolute Gasteiger partial charge is 0.478 e. The van der Waals surface area contributed by atoms with Crippen molar-refractivity contribution in [3.63, 3.8) is 0 Å². The van der Waals surface area contributed by atoms with Crippen molar-refractivity contribution in [2.75, 3.05) is 0 Å². The van der Waals surface area contributed by atoms with Crippen LogP contribution in [-0.2, 0) is 9.05 Å². The molecule has 0 aliphatic carbocycles. The van der Waals surface area contributed by atoms with Crippen LogP contribution in [0.5, 0.6) is 0 Å². The van der Waals surface area contributed by atoms with Crippen LogP contribution >= 0.6 is 10.7 Å². The molecule has 1 N–H and O–H groups in total. The molecule has 16 heavy (non-hydrogen) atoms. The SMILES string of the molecule is CC(C)c1ccc(S(=O)(=O)Cl)c(C(=O)O)c1. The zero-order chi connectivity index (χ0) is 12.5. The third kappa shape index (κ3) is 2.74. The predicted octanol–water partition coefficient (Wildman–Crippen LogP) is 2.44. The Kier molecular flexibility index (Phi) is 3.60. The third-order valence-electron chi connectivity index (χ3n) is 2.16. The topological polar surface area (TPSA) is 71.4 Å². The zero-order valence-electron chi connectivity index (χ0n) is 8.77. The molecule has 0 aliphatic rings. The molecule has 0 saturated heterocycles. The van der Waals surface area contributed by atoms with E-state index in [1.54, 1.807) is 6.07 Å². The lowest BCUT2D eigenvalue weighted by Crippen LogP contribution is -2.06. The first-order valence-electron chi connectivity index (χ1n) is 4.55. The molecule has 0 heterocycles. The second-order valence-corrected chi connectivity index (χ2v) is 6.19. The van der Waals surface area contributed by atoms with E-state index in [4.69, 9.17) is 15.8 Å². The Morgan fingerprint density at radius 3 is 2.31 bits per heavy atom. The molecule has 0 saturated carbocycles. The quantitative estimate of drug-likeness (QED) is 0.850. The van der Waals surface area contributed by atoms with E-state index in [1.807, 2.05) is 13.8 Å². The molecule has 1 aromatic carbocycles. The second-order valence-electron chi connectivity index (χ2n) is 3.65. The Hall–Kier alpha value is -1.07.